The number of hydrogen-bond acceptors (Lipinski definition) is 7. The van der Waals surface area contributed by atoms with E-state index in [4.69, 9.17) is 19.9 Å². The second-order valence-electron chi connectivity index (χ2n) is 8.16. The lowest BCUT2D eigenvalue weighted by Gasteiger charge is -2.31. The van der Waals surface area contributed by atoms with Gasteiger partial charge in [0.2, 0.25) is 11.7 Å². The summed E-state index contributed by atoms with van der Waals surface area (Å²) in [5.74, 6) is -2.08. The number of nitrogens with two attached hydrogens (primary N) is 1. The lowest BCUT2D eigenvalue weighted by atomic mass is 9.75. The van der Waals surface area contributed by atoms with E-state index in [0.29, 0.717) is 22.6 Å². The van der Waals surface area contributed by atoms with Gasteiger partial charge < -0.3 is 19.9 Å². The summed E-state index contributed by atoms with van der Waals surface area (Å²) in [6.45, 7) is -0.0327. The van der Waals surface area contributed by atoms with Gasteiger partial charge in [-0.2, -0.15) is 5.26 Å². The molecule has 3 aromatic rings. The predicted octanol–water partition coefficient (Wildman–Crippen LogP) is 4.55. The first kappa shape index (κ1) is 22.9. The van der Waals surface area contributed by atoms with Crippen LogP contribution >= 0.6 is 0 Å². The highest BCUT2D eigenvalue weighted by Gasteiger charge is 2.43. The molecule has 5 rings (SSSR count). The fourth-order valence-corrected chi connectivity index (χ4v) is 4.39. The summed E-state index contributed by atoms with van der Waals surface area (Å²) in [4.78, 5) is 26.7. The topological polar surface area (TPSA) is 112 Å². The number of allylic oxidation sites excluding steroid dienone is 3. The molecular formula is C28H19FN2O5. The van der Waals surface area contributed by atoms with Crippen molar-refractivity contribution in [2.45, 2.75) is 12.5 Å². The molecule has 0 spiro atoms. The molecule has 36 heavy (non-hydrogen) atoms. The second-order valence-corrected chi connectivity index (χ2v) is 8.16. The van der Waals surface area contributed by atoms with E-state index in [1.165, 1.54) is 13.2 Å². The van der Waals surface area contributed by atoms with Crippen molar-refractivity contribution in [2.75, 3.05) is 7.11 Å². The van der Waals surface area contributed by atoms with E-state index in [-0.39, 0.29) is 40.5 Å². The van der Waals surface area contributed by atoms with Crippen molar-refractivity contribution in [1.82, 2.24) is 0 Å². The average Bonchev–Trinajstić information content (AvgIpc) is 2.90. The van der Waals surface area contributed by atoms with Crippen LogP contribution in [0.5, 0.6) is 11.5 Å². The van der Waals surface area contributed by atoms with E-state index in [9.17, 15) is 19.2 Å². The highest BCUT2D eigenvalue weighted by molar-refractivity contribution is 6.27. The standard InChI is InChI=1S/C28H19FN2O5/c1-34-22-12-15(10-11-21(22)35-14-16-6-2-5-9-20(16)29)23-19(13-30)28(31)36-27-24(23)25(32)17-7-3-4-8-18(17)26(27)33/h2-12,23H,14,31H2,1H3/t23-/m1/s1. The molecular weight excluding hydrogens is 463 g/mol. The Morgan fingerprint density at radius 1 is 1.00 bits per heavy atom. The lowest BCUT2D eigenvalue weighted by molar-refractivity contribution is 0.0897. The number of rotatable bonds is 5. The number of halogens is 1. The number of nitrogens with zero attached hydrogens (tertiary/aromatic N) is 1. The van der Waals surface area contributed by atoms with Gasteiger partial charge in [0.25, 0.3) is 0 Å². The lowest BCUT2D eigenvalue weighted by Crippen LogP contribution is -2.32. The van der Waals surface area contributed by atoms with Crippen molar-refractivity contribution in [3.63, 3.8) is 0 Å². The van der Waals surface area contributed by atoms with Crippen molar-refractivity contribution in [1.29, 1.82) is 5.26 Å². The third-order valence-electron chi connectivity index (χ3n) is 6.15. The minimum atomic E-state index is -0.960. The van der Waals surface area contributed by atoms with E-state index in [0.717, 1.165) is 0 Å². The Labute approximate surface area is 205 Å². The van der Waals surface area contributed by atoms with Crippen LogP contribution < -0.4 is 15.2 Å². The van der Waals surface area contributed by atoms with E-state index in [2.05, 4.69) is 0 Å². The molecule has 2 N–H and O–H groups in total. The molecule has 0 amide bonds. The molecule has 1 aliphatic heterocycles. The predicted molar refractivity (Wildman–Crippen MR) is 127 cm³/mol. The molecule has 2 aliphatic rings. The summed E-state index contributed by atoms with van der Waals surface area (Å²) in [5, 5.41) is 9.87. The Morgan fingerprint density at radius 3 is 2.39 bits per heavy atom. The zero-order chi connectivity index (χ0) is 25.4. The van der Waals surface area contributed by atoms with Crippen LogP contribution in [0.25, 0.3) is 0 Å². The summed E-state index contributed by atoms with van der Waals surface area (Å²) in [5.41, 5.74) is 7.34. The number of ether oxygens (including phenoxy) is 3. The molecule has 0 unspecified atom stereocenters. The number of fused-ring (bicyclic) bond motifs is 1. The first-order chi connectivity index (χ1) is 17.4. The number of ketones is 2. The van der Waals surface area contributed by atoms with Crippen molar-refractivity contribution in [3.8, 4) is 17.6 Å². The maximum absolute atomic E-state index is 14.0. The third-order valence-corrected chi connectivity index (χ3v) is 6.15. The van der Waals surface area contributed by atoms with Gasteiger partial charge in [-0.05, 0) is 23.8 Å². The third kappa shape index (κ3) is 3.67. The maximum Gasteiger partial charge on any atom is 0.229 e. The number of carbonyl (C=O) groups is 2. The monoisotopic (exact) mass is 482 g/mol. The summed E-state index contributed by atoms with van der Waals surface area (Å²) in [6.07, 6.45) is 0. The van der Waals surface area contributed by atoms with Crippen molar-refractivity contribution >= 4 is 11.6 Å². The van der Waals surface area contributed by atoms with Gasteiger partial charge in [-0.3, -0.25) is 9.59 Å². The SMILES string of the molecule is COc1cc([C@@H]2C(C#N)=C(N)OC3=C2C(=O)c2ccccc2C3=O)ccc1OCc1ccccc1F. The van der Waals surface area contributed by atoms with Crippen molar-refractivity contribution < 1.29 is 28.2 Å². The second kappa shape index (κ2) is 9.04. The summed E-state index contributed by atoms with van der Waals surface area (Å²) in [6, 6.07) is 19.5. The Balaban J connectivity index is 1.57. The Bertz CT molecular complexity index is 1530. The highest BCUT2D eigenvalue weighted by atomic mass is 19.1. The van der Waals surface area contributed by atoms with Crippen molar-refractivity contribution in [3.05, 3.63) is 118 Å². The van der Waals surface area contributed by atoms with Crippen LogP contribution in [0.4, 0.5) is 4.39 Å². The Morgan fingerprint density at radius 2 is 1.69 bits per heavy atom. The largest absolute Gasteiger partial charge is 0.493 e. The molecule has 178 valence electrons. The smallest absolute Gasteiger partial charge is 0.229 e. The summed E-state index contributed by atoms with van der Waals surface area (Å²) < 4.78 is 30.8. The van der Waals surface area contributed by atoms with Gasteiger partial charge in [0.1, 0.15) is 24.1 Å². The molecule has 0 saturated heterocycles. The molecule has 0 fully saturated rings. The summed E-state index contributed by atoms with van der Waals surface area (Å²) >= 11 is 0. The minimum Gasteiger partial charge on any atom is -0.493 e. The summed E-state index contributed by atoms with van der Waals surface area (Å²) in [7, 11) is 1.44. The van der Waals surface area contributed by atoms with Gasteiger partial charge in [0.15, 0.2) is 23.0 Å². The fraction of sp³-hybridized carbons (Fsp3) is 0.107. The zero-order valence-electron chi connectivity index (χ0n) is 19.1. The van der Waals surface area contributed by atoms with Gasteiger partial charge in [-0.15, -0.1) is 0 Å². The highest BCUT2D eigenvalue weighted by Crippen LogP contribution is 2.45. The molecule has 0 saturated carbocycles. The van der Waals surface area contributed by atoms with Crippen LogP contribution in [-0.4, -0.2) is 18.7 Å². The van der Waals surface area contributed by atoms with Crippen LogP contribution in [0.15, 0.2) is 89.5 Å². The van der Waals surface area contributed by atoms with Crippen LogP contribution in [0.3, 0.4) is 0 Å². The molecule has 0 bridgehead atoms. The number of methoxy groups -OCH3 is 1. The van der Waals surface area contributed by atoms with E-state index in [1.54, 1.807) is 60.7 Å². The van der Waals surface area contributed by atoms with E-state index >= 15 is 0 Å². The molecule has 1 heterocycles. The number of hydrogen-bond donors (Lipinski definition) is 1. The van der Waals surface area contributed by atoms with Gasteiger partial charge >= 0.3 is 0 Å². The molecule has 8 heteroatoms. The quantitative estimate of drug-likeness (QED) is 0.568. The van der Waals surface area contributed by atoms with Crippen LogP contribution in [-0.2, 0) is 11.3 Å². The van der Waals surface area contributed by atoms with Crippen LogP contribution in [0, 0.1) is 17.1 Å². The Kier molecular flexibility index (Phi) is 5.74. The van der Waals surface area contributed by atoms with E-state index in [1.807, 2.05) is 6.07 Å². The molecule has 7 nitrogen and oxygen atoms in total. The van der Waals surface area contributed by atoms with Crippen LogP contribution in [0.2, 0.25) is 0 Å². The Hall–Kier alpha value is -4.90. The maximum atomic E-state index is 14.0. The first-order valence-corrected chi connectivity index (χ1v) is 11.0. The van der Waals surface area contributed by atoms with Gasteiger partial charge in [-0.25, -0.2) is 4.39 Å². The molecule has 1 aliphatic carbocycles. The molecule has 0 aromatic heterocycles. The van der Waals surface area contributed by atoms with Crippen molar-refractivity contribution in [2.24, 2.45) is 5.73 Å². The van der Waals surface area contributed by atoms with Crippen LogP contribution in [0.1, 0.15) is 37.8 Å². The van der Waals surface area contributed by atoms with Gasteiger partial charge in [-0.1, -0.05) is 48.5 Å². The minimum absolute atomic E-state index is 0.00337. The van der Waals surface area contributed by atoms with E-state index < -0.39 is 23.3 Å². The zero-order valence-corrected chi connectivity index (χ0v) is 19.1. The molecule has 3 aromatic carbocycles. The first-order valence-electron chi connectivity index (χ1n) is 11.0. The number of Topliss-reactive ketones (excluding diaryl/α,β-unsaturated/α-hetero) is 2. The average molecular weight is 482 g/mol. The molecule has 1 atom stereocenters. The number of carbonyl (C=O) groups excluding carboxylic acids is 2. The fourth-order valence-electron chi connectivity index (χ4n) is 4.39. The number of benzene rings is 3. The number of nitriles is 1. The normalized spacial score (nSPS) is 16.6. The van der Waals surface area contributed by atoms with Gasteiger partial charge in [0.05, 0.1) is 18.6 Å². The molecule has 0 radical (unpaired) electrons. The van der Waals surface area contributed by atoms with Gasteiger partial charge in [0, 0.05) is 16.7 Å².